The van der Waals surface area contributed by atoms with E-state index in [1.54, 1.807) is 0 Å². The van der Waals surface area contributed by atoms with Gasteiger partial charge in [-0.25, -0.2) is 0 Å². The summed E-state index contributed by atoms with van der Waals surface area (Å²) in [5.74, 6) is -0.402. The number of ether oxygens (including phenoxy) is 2. The fourth-order valence-corrected chi connectivity index (χ4v) is 9.06. The van der Waals surface area contributed by atoms with Crippen LogP contribution in [-0.4, -0.2) is 24.1 Å². The van der Waals surface area contributed by atoms with E-state index in [2.05, 4.69) is 13.8 Å². The zero-order valence-electron chi connectivity index (χ0n) is 35.9. The molecule has 2 atom stereocenters. The molecule has 0 spiro atoms. The quantitative estimate of drug-likeness (QED) is 0.0473. The van der Waals surface area contributed by atoms with Crippen molar-refractivity contribution >= 4 is 11.9 Å². The Bertz CT molecular complexity index is 747. The van der Waals surface area contributed by atoms with Crippen LogP contribution in [0.25, 0.3) is 0 Å². The molecule has 0 aromatic rings. The highest BCUT2D eigenvalue weighted by Crippen LogP contribution is 2.30. The van der Waals surface area contributed by atoms with E-state index in [-0.39, 0.29) is 36.0 Å². The molecule has 0 aromatic carbocycles. The van der Waals surface area contributed by atoms with Gasteiger partial charge in [0.25, 0.3) is 0 Å². The molecule has 2 aliphatic rings. The lowest BCUT2D eigenvalue weighted by molar-refractivity contribution is -0.160. The van der Waals surface area contributed by atoms with Crippen molar-refractivity contribution in [1.29, 1.82) is 0 Å². The van der Waals surface area contributed by atoms with Gasteiger partial charge in [0.15, 0.2) is 0 Å². The normalized spacial score (nSPS) is 16.8. The van der Waals surface area contributed by atoms with Gasteiger partial charge in [-0.3, -0.25) is 9.59 Å². The third-order valence-electron chi connectivity index (χ3n) is 12.7. The minimum atomic E-state index is -0.176. The number of hydrogen-bond donors (Lipinski definition) is 0. The maximum absolute atomic E-state index is 13.8. The van der Waals surface area contributed by atoms with Crippen molar-refractivity contribution < 1.29 is 19.1 Å². The van der Waals surface area contributed by atoms with Crippen molar-refractivity contribution in [1.82, 2.24) is 0 Å². The molecule has 0 aromatic heterocycles. The monoisotopic (exact) mass is 745 g/mol. The van der Waals surface area contributed by atoms with Crippen LogP contribution in [0.4, 0.5) is 0 Å². The van der Waals surface area contributed by atoms with Crippen molar-refractivity contribution in [2.24, 2.45) is 11.8 Å². The molecule has 0 saturated heterocycles. The molecule has 2 aliphatic carbocycles. The van der Waals surface area contributed by atoms with Crippen LogP contribution in [-0.2, 0) is 19.1 Å². The van der Waals surface area contributed by atoms with Crippen LogP contribution < -0.4 is 0 Å². The topological polar surface area (TPSA) is 52.6 Å². The van der Waals surface area contributed by atoms with Crippen molar-refractivity contribution in [3.8, 4) is 0 Å². The average molecular weight is 745 g/mol. The Hall–Kier alpha value is -1.06. The molecule has 0 heterocycles. The second-order valence-electron chi connectivity index (χ2n) is 17.8. The molecule has 2 saturated carbocycles. The van der Waals surface area contributed by atoms with Gasteiger partial charge in [0.05, 0.1) is 11.8 Å². The number of hydrogen-bond acceptors (Lipinski definition) is 4. The standard InChI is InChI=1S/C49H92O4/c1-3-5-7-9-11-13-15-17-19-21-23-25-27-31-37-44(48(50)52-46-39-33-29-34-40-46)43-45(49(51)53-47-41-35-30-36-42-47)38-32-28-26-24-22-20-18-16-14-12-10-8-6-4-2/h44-47H,3-43H2,1-2H3. The molecule has 0 aliphatic heterocycles. The van der Waals surface area contributed by atoms with Gasteiger partial charge in [-0.05, 0) is 70.6 Å². The smallest absolute Gasteiger partial charge is 0.309 e. The van der Waals surface area contributed by atoms with E-state index < -0.39 is 0 Å². The van der Waals surface area contributed by atoms with Gasteiger partial charge >= 0.3 is 11.9 Å². The first-order valence-corrected chi connectivity index (χ1v) is 24.5. The number of esters is 2. The summed E-state index contributed by atoms with van der Waals surface area (Å²) in [5, 5.41) is 0. The molecule has 2 fully saturated rings. The number of unbranched alkanes of at least 4 members (excludes halogenated alkanes) is 26. The molecule has 53 heavy (non-hydrogen) atoms. The van der Waals surface area contributed by atoms with Crippen molar-refractivity contribution in [2.45, 2.75) is 289 Å². The van der Waals surface area contributed by atoms with E-state index in [9.17, 15) is 9.59 Å². The molecular formula is C49H92O4. The molecule has 4 heteroatoms. The highest BCUT2D eigenvalue weighted by atomic mass is 16.5. The van der Waals surface area contributed by atoms with Crippen LogP contribution in [0.5, 0.6) is 0 Å². The molecule has 312 valence electrons. The summed E-state index contributed by atoms with van der Waals surface area (Å²) < 4.78 is 12.4. The van der Waals surface area contributed by atoms with Gasteiger partial charge in [0.1, 0.15) is 12.2 Å². The first-order chi connectivity index (χ1) is 26.1. The van der Waals surface area contributed by atoms with E-state index in [1.165, 1.54) is 180 Å². The second kappa shape index (κ2) is 35.4. The largest absolute Gasteiger partial charge is 0.462 e. The molecule has 2 unspecified atom stereocenters. The van der Waals surface area contributed by atoms with Crippen LogP contribution in [0.2, 0.25) is 0 Å². The summed E-state index contributed by atoms with van der Waals surface area (Å²) in [6, 6.07) is 0. The van der Waals surface area contributed by atoms with Gasteiger partial charge in [0.2, 0.25) is 0 Å². The minimum absolute atomic E-state index is 0.0250. The van der Waals surface area contributed by atoms with Gasteiger partial charge in [-0.15, -0.1) is 0 Å². The third kappa shape index (κ3) is 27.2. The van der Waals surface area contributed by atoms with Crippen LogP contribution in [0.15, 0.2) is 0 Å². The number of carbonyl (C=O) groups excluding carboxylic acids is 2. The lowest BCUT2D eigenvalue weighted by atomic mass is 9.86. The Labute approximate surface area is 331 Å². The lowest BCUT2D eigenvalue weighted by Gasteiger charge is -2.28. The van der Waals surface area contributed by atoms with Crippen LogP contribution in [0.1, 0.15) is 277 Å². The predicted molar refractivity (Wildman–Crippen MR) is 227 cm³/mol. The zero-order valence-corrected chi connectivity index (χ0v) is 35.9. The summed E-state index contributed by atoms with van der Waals surface area (Å²) in [6.45, 7) is 4.58. The Morgan fingerprint density at radius 3 is 0.887 bits per heavy atom. The van der Waals surface area contributed by atoms with Gasteiger partial charge in [-0.2, -0.15) is 0 Å². The summed E-state index contributed by atoms with van der Waals surface area (Å²) >= 11 is 0. The van der Waals surface area contributed by atoms with E-state index in [1.807, 2.05) is 0 Å². The van der Waals surface area contributed by atoms with E-state index in [4.69, 9.17) is 9.47 Å². The molecule has 0 N–H and O–H groups in total. The predicted octanol–water partition coefficient (Wildman–Crippen LogP) is 16.1. The first kappa shape index (κ1) is 48.1. The Kier molecular flexibility index (Phi) is 32.1. The molecule has 2 rings (SSSR count). The lowest BCUT2D eigenvalue weighted by Crippen LogP contribution is -2.31. The molecule has 0 bridgehead atoms. The van der Waals surface area contributed by atoms with Gasteiger partial charge in [-0.1, -0.05) is 206 Å². The highest BCUT2D eigenvalue weighted by molar-refractivity contribution is 5.76. The summed E-state index contributed by atoms with van der Waals surface area (Å²) in [4.78, 5) is 27.5. The third-order valence-corrected chi connectivity index (χ3v) is 12.7. The zero-order chi connectivity index (χ0) is 37.9. The molecule has 0 radical (unpaired) electrons. The number of rotatable bonds is 36. The summed E-state index contributed by atoms with van der Waals surface area (Å²) in [6.07, 6.45) is 51.1. The van der Waals surface area contributed by atoms with Crippen LogP contribution in [0.3, 0.4) is 0 Å². The van der Waals surface area contributed by atoms with Crippen molar-refractivity contribution in [3.05, 3.63) is 0 Å². The second-order valence-corrected chi connectivity index (χ2v) is 17.8. The first-order valence-electron chi connectivity index (χ1n) is 24.5. The van der Waals surface area contributed by atoms with Crippen molar-refractivity contribution in [2.75, 3.05) is 0 Å². The molecule has 4 nitrogen and oxygen atoms in total. The summed E-state index contributed by atoms with van der Waals surface area (Å²) in [5.41, 5.74) is 0. The molecule has 0 amide bonds. The average Bonchev–Trinajstić information content (AvgIpc) is 3.17. The van der Waals surface area contributed by atoms with E-state index in [0.29, 0.717) is 6.42 Å². The van der Waals surface area contributed by atoms with Gasteiger partial charge < -0.3 is 9.47 Å². The Balaban J connectivity index is 1.77. The van der Waals surface area contributed by atoms with E-state index >= 15 is 0 Å². The Morgan fingerprint density at radius 2 is 0.623 bits per heavy atom. The maximum atomic E-state index is 13.8. The minimum Gasteiger partial charge on any atom is -0.462 e. The van der Waals surface area contributed by atoms with Gasteiger partial charge in [0, 0.05) is 0 Å². The Morgan fingerprint density at radius 1 is 0.377 bits per heavy atom. The maximum Gasteiger partial charge on any atom is 0.309 e. The SMILES string of the molecule is CCCCCCCCCCCCCCCCC(CC(CCCCCCCCCCCCCCCC)C(=O)OC1CCCCC1)C(=O)OC1CCCCC1. The van der Waals surface area contributed by atoms with Crippen LogP contribution >= 0.6 is 0 Å². The van der Waals surface area contributed by atoms with Crippen LogP contribution in [0, 0.1) is 11.8 Å². The van der Waals surface area contributed by atoms with E-state index in [0.717, 1.165) is 77.0 Å². The summed E-state index contributed by atoms with van der Waals surface area (Å²) in [7, 11) is 0. The highest BCUT2D eigenvalue weighted by Gasteiger charge is 2.32. The molecular weight excluding hydrogens is 653 g/mol. The van der Waals surface area contributed by atoms with Crippen molar-refractivity contribution in [3.63, 3.8) is 0 Å². The fraction of sp³-hybridized carbons (Fsp3) is 0.959. The number of carbonyl (C=O) groups is 2. The fourth-order valence-electron chi connectivity index (χ4n) is 9.06.